The molecule has 0 saturated carbocycles. The smallest absolute Gasteiger partial charge is 0.243 e. The number of fused-ring (bicyclic) bond motifs is 2. The fourth-order valence-corrected chi connectivity index (χ4v) is 3.10. The van der Waals surface area contributed by atoms with Crippen molar-refractivity contribution >= 4 is 36.5 Å². The van der Waals surface area contributed by atoms with Gasteiger partial charge in [0, 0.05) is 12.6 Å². The average Bonchev–Trinajstić information content (AvgIpc) is 3.33. The van der Waals surface area contributed by atoms with Crippen molar-refractivity contribution in [1.29, 1.82) is 10.8 Å². The Morgan fingerprint density at radius 2 is 2.00 bits per heavy atom. The van der Waals surface area contributed by atoms with E-state index in [0.29, 0.717) is 17.9 Å². The largest absolute Gasteiger partial charge is 0.412 e. The van der Waals surface area contributed by atoms with Crippen molar-refractivity contribution in [1.82, 2.24) is 10.4 Å². The zero-order chi connectivity index (χ0) is 16.9. The van der Waals surface area contributed by atoms with Gasteiger partial charge >= 0.3 is 0 Å². The van der Waals surface area contributed by atoms with Crippen LogP contribution in [0.5, 0.6) is 0 Å². The Labute approximate surface area is 159 Å². The van der Waals surface area contributed by atoms with Gasteiger partial charge in [-0.3, -0.25) is 21.0 Å². The molecule has 7 nitrogen and oxygen atoms in total. The molecule has 1 aliphatic carbocycles. The van der Waals surface area contributed by atoms with Crippen LogP contribution in [0, 0.1) is 10.8 Å². The van der Waals surface area contributed by atoms with Crippen LogP contribution < -0.4 is 5.43 Å². The molecule has 4 rings (SSSR count). The van der Waals surface area contributed by atoms with Gasteiger partial charge in [0.05, 0.1) is 23.5 Å². The molecule has 8 heteroatoms. The number of hydrogen-bond donors (Lipinski definition) is 3. The summed E-state index contributed by atoms with van der Waals surface area (Å²) in [5.41, 5.74) is 5.89. The van der Waals surface area contributed by atoms with Crippen LogP contribution in [0.4, 0.5) is 0 Å². The monoisotopic (exact) mass is 374 g/mol. The predicted octanol–water partition coefficient (Wildman–Crippen LogP) is 1.65. The Kier molecular flexibility index (Phi) is 5.22. The van der Waals surface area contributed by atoms with E-state index >= 15 is 0 Å². The lowest BCUT2D eigenvalue weighted by atomic mass is 10.0. The highest BCUT2D eigenvalue weighted by molar-refractivity contribution is 7.59. The fraction of sp³-hybridized carbons (Fsp3) is 0.167. The number of ether oxygens (including phenoxy) is 1. The predicted molar refractivity (Wildman–Crippen MR) is 106 cm³/mol. The molecule has 26 heavy (non-hydrogen) atoms. The first-order chi connectivity index (χ1) is 11.5. The lowest BCUT2D eigenvalue weighted by molar-refractivity contribution is -0.125. The molecular formula is C18H22N4O3S. The number of hydrazine groups is 1. The lowest BCUT2D eigenvalue weighted by Gasteiger charge is -2.25. The third-order valence-electron chi connectivity index (χ3n) is 4.39. The number of rotatable bonds is 3. The minimum Gasteiger partial charge on any atom is -0.412 e. The van der Waals surface area contributed by atoms with Crippen LogP contribution >= 0.6 is 13.5 Å². The van der Waals surface area contributed by atoms with Gasteiger partial charge in [0.25, 0.3) is 0 Å². The number of carbonyl (C=O) groups excluding carboxylic acids is 1. The first-order valence-corrected chi connectivity index (χ1v) is 7.60. The number of carbonyl (C=O) groups is 1. The molecule has 0 aromatic heterocycles. The maximum atomic E-state index is 12.4. The standard InChI is InChI=1S/C18H16N4O2.H2O.H2S.H2/c1-11-13-4-2-3-5-14(13)18(10-24-18)22(11)21-17(23)9-12-6-7-15(19)16(20)8-12;;;/h2-8,19-20H,1,9-10H2,(H,21,23);2*1H2;1H. The first-order valence-electron chi connectivity index (χ1n) is 7.60. The van der Waals surface area contributed by atoms with E-state index in [9.17, 15) is 4.79 Å². The van der Waals surface area contributed by atoms with Gasteiger partial charge in [0.15, 0.2) is 0 Å². The van der Waals surface area contributed by atoms with Crippen LogP contribution in [0.3, 0.4) is 0 Å². The quantitative estimate of drug-likeness (QED) is 0.550. The Balaban J connectivity index is 0.00000121. The summed E-state index contributed by atoms with van der Waals surface area (Å²) in [5.74, 6) is -0.212. The molecule has 138 valence electrons. The van der Waals surface area contributed by atoms with Crippen LogP contribution in [-0.4, -0.2) is 34.4 Å². The van der Waals surface area contributed by atoms with Crippen molar-refractivity contribution in [3.63, 3.8) is 0 Å². The van der Waals surface area contributed by atoms with E-state index < -0.39 is 5.72 Å². The number of nitrogens with one attached hydrogen (secondary N) is 3. The normalized spacial score (nSPS) is 22.4. The van der Waals surface area contributed by atoms with Gasteiger partial charge in [-0.2, -0.15) is 13.5 Å². The van der Waals surface area contributed by atoms with E-state index in [1.807, 2.05) is 24.3 Å². The van der Waals surface area contributed by atoms with Crippen molar-refractivity contribution < 1.29 is 16.4 Å². The van der Waals surface area contributed by atoms with Gasteiger partial charge in [0.2, 0.25) is 11.6 Å². The van der Waals surface area contributed by atoms with Crippen LogP contribution in [0.15, 0.2) is 54.6 Å². The Hall–Kier alpha value is -2.68. The molecule has 1 aromatic rings. The maximum Gasteiger partial charge on any atom is 0.243 e. The number of nitrogens with zero attached hydrogens (tertiary/aromatic N) is 1. The van der Waals surface area contributed by atoms with Gasteiger partial charge in [-0.05, 0) is 17.7 Å². The van der Waals surface area contributed by atoms with E-state index in [4.69, 9.17) is 15.6 Å². The zero-order valence-corrected chi connectivity index (χ0v) is 14.9. The summed E-state index contributed by atoms with van der Waals surface area (Å²) in [4.78, 5) is 12.4. The molecule has 1 aromatic carbocycles. The van der Waals surface area contributed by atoms with Crippen LogP contribution in [0.25, 0.3) is 5.70 Å². The molecule has 1 atom stereocenters. The minimum absolute atomic E-state index is 0. The number of amides is 1. The maximum absolute atomic E-state index is 12.4. The highest BCUT2D eigenvalue weighted by Gasteiger charge is 2.59. The second-order valence-corrected chi connectivity index (χ2v) is 5.99. The highest BCUT2D eigenvalue weighted by Crippen LogP contribution is 2.52. The summed E-state index contributed by atoms with van der Waals surface area (Å²) in [7, 11) is 0. The zero-order valence-electron chi connectivity index (χ0n) is 13.9. The summed E-state index contributed by atoms with van der Waals surface area (Å²) in [6.45, 7) is 4.58. The van der Waals surface area contributed by atoms with Crippen LogP contribution in [-0.2, 0) is 15.3 Å². The first kappa shape index (κ1) is 19.6. The van der Waals surface area contributed by atoms with Gasteiger partial charge in [-0.1, -0.05) is 36.9 Å². The lowest BCUT2D eigenvalue weighted by Crippen LogP contribution is -2.44. The molecule has 1 unspecified atom stereocenters. The summed E-state index contributed by atoms with van der Waals surface area (Å²) >= 11 is 0. The summed E-state index contributed by atoms with van der Waals surface area (Å²) in [6, 6.07) is 7.83. The number of epoxide rings is 1. The number of hydrogen-bond acceptors (Lipinski definition) is 5. The van der Waals surface area contributed by atoms with E-state index in [1.54, 1.807) is 17.2 Å². The van der Waals surface area contributed by atoms with Crippen LogP contribution in [0.2, 0.25) is 0 Å². The molecule has 1 saturated heterocycles. The van der Waals surface area contributed by atoms with Crippen molar-refractivity contribution in [2.75, 3.05) is 6.61 Å². The van der Waals surface area contributed by atoms with E-state index in [1.165, 1.54) is 6.08 Å². The van der Waals surface area contributed by atoms with Crippen molar-refractivity contribution in [3.8, 4) is 0 Å². The fourth-order valence-electron chi connectivity index (χ4n) is 3.10. The van der Waals surface area contributed by atoms with Gasteiger partial charge in [0.1, 0.15) is 6.61 Å². The van der Waals surface area contributed by atoms with Gasteiger partial charge < -0.3 is 10.2 Å². The minimum atomic E-state index is -0.630. The van der Waals surface area contributed by atoms with Gasteiger partial charge in [-0.15, -0.1) is 0 Å². The second kappa shape index (κ2) is 6.91. The second-order valence-electron chi connectivity index (χ2n) is 5.99. The molecule has 3 aliphatic rings. The molecular weight excluding hydrogens is 352 g/mol. The van der Waals surface area contributed by atoms with Crippen LogP contribution in [0.1, 0.15) is 19.0 Å². The molecule has 2 aliphatic heterocycles. The highest BCUT2D eigenvalue weighted by atomic mass is 32.1. The molecule has 1 amide bonds. The van der Waals surface area contributed by atoms with Crippen molar-refractivity contribution in [2.45, 2.75) is 12.1 Å². The van der Waals surface area contributed by atoms with Crippen molar-refractivity contribution in [2.24, 2.45) is 0 Å². The summed E-state index contributed by atoms with van der Waals surface area (Å²) < 4.78 is 5.65. The summed E-state index contributed by atoms with van der Waals surface area (Å²) in [6.07, 6.45) is 4.89. The molecule has 1 fully saturated rings. The Bertz CT molecular complexity index is 877. The Morgan fingerprint density at radius 3 is 2.65 bits per heavy atom. The van der Waals surface area contributed by atoms with E-state index in [0.717, 1.165) is 11.1 Å². The third kappa shape index (κ3) is 2.98. The van der Waals surface area contributed by atoms with E-state index in [2.05, 4.69) is 12.0 Å². The van der Waals surface area contributed by atoms with Gasteiger partial charge in [-0.25, -0.2) is 5.01 Å². The molecule has 0 bridgehead atoms. The molecule has 0 radical (unpaired) electrons. The summed E-state index contributed by atoms with van der Waals surface area (Å²) in [5, 5.41) is 16.9. The molecule has 1 spiro atoms. The average molecular weight is 374 g/mol. The number of benzene rings is 1. The van der Waals surface area contributed by atoms with E-state index in [-0.39, 0.29) is 44.1 Å². The topological polar surface area (TPSA) is 124 Å². The van der Waals surface area contributed by atoms with Crippen molar-refractivity contribution in [3.05, 3.63) is 65.8 Å². The molecule has 5 N–H and O–H groups in total. The SMILES string of the molecule is C=C1c2ccccc2C2(CO2)N1NC(=O)CC1=CC(=N)C(=N)C=C1.O.S.[HH]. The number of allylic oxidation sites excluding steroid dienone is 3. The Morgan fingerprint density at radius 1 is 1.31 bits per heavy atom. The third-order valence-corrected chi connectivity index (χ3v) is 4.39. The molecule has 2 heterocycles.